The van der Waals surface area contributed by atoms with Crippen LogP contribution in [0.5, 0.6) is 5.75 Å². The number of hydrogen-bond donors (Lipinski definition) is 0. The van der Waals surface area contributed by atoms with Gasteiger partial charge in [-0.15, -0.1) is 11.3 Å². The summed E-state index contributed by atoms with van der Waals surface area (Å²) in [6.07, 6.45) is 0. The smallest absolute Gasteiger partial charge is 0.257 e. The number of piperazine rings is 1. The molecule has 0 unspecified atom stereocenters. The highest BCUT2D eigenvalue weighted by atomic mass is 35.5. The van der Waals surface area contributed by atoms with Crippen molar-refractivity contribution in [2.24, 2.45) is 0 Å². The minimum Gasteiger partial charge on any atom is -0.488 e. The van der Waals surface area contributed by atoms with E-state index in [9.17, 15) is 13.2 Å². The van der Waals surface area contributed by atoms with Crippen molar-refractivity contribution in [1.82, 2.24) is 14.4 Å². The van der Waals surface area contributed by atoms with E-state index in [0.29, 0.717) is 21.4 Å². The van der Waals surface area contributed by atoms with Crippen LogP contribution < -0.4 is 4.74 Å². The van der Waals surface area contributed by atoms with E-state index in [1.807, 2.05) is 13.8 Å². The van der Waals surface area contributed by atoms with Gasteiger partial charge in [0.05, 0.1) is 21.2 Å². The predicted molar refractivity (Wildman–Crippen MR) is 121 cm³/mol. The quantitative estimate of drug-likeness (QED) is 0.517. The normalized spacial score (nSPS) is 15.2. The molecule has 8 nitrogen and oxygen atoms in total. The fraction of sp³-hybridized carbons (Fsp3) is 0.333. The summed E-state index contributed by atoms with van der Waals surface area (Å²) < 4.78 is 38.7. The van der Waals surface area contributed by atoms with E-state index in [1.165, 1.54) is 10.4 Å². The zero-order chi connectivity index (χ0) is 22.9. The van der Waals surface area contributed by atoms with Gasteiger partial charge in [-0.2, -0.15) is 4.31 Å². The van der Waals surface area contributed by atoms with Gasteiger partial charge in [-0.25, -0.2) is 8.42 Å². The predicted octanol–water partition coefficient (Wildman–Crippen LogP) is 3.73. The summed E-state index contributed by atoms with van der Waals surface area (Å²) >= 11 is 6.92. The average molecular weight is 496 g/mol. The van der Waals surface area contributed by atoms with Gasteiger partial charge in [-0.05, 0) is 38.1 Å². The lowest BCUT2D eigenvalue weighted by atomic mass is 10.1. The van der Waals surface area contributed by atoms with Crippen LogP contribution in [0.1, 0.15) is 27.4 Å². The third-order valence-corrected chi connectivity index (χ3v) is 8.94. The SMILES string of the molecule is Cc1noc(C)c1COc1ccccc1C(=O)N1CCN(S(=O)(=O)c2ccc(Cl)s2)CC1. The molecule has 3 heterocycles. The van der Waals surface area contributed by atoms with Crippen LogP contribution in [0, 0.1) is 13.8 Å². The first-order valence-electron chi connectivity index (χ1n) is 9.95. The maximum Gasteiger partial charge on any atom is 0.257 e. The number of nitrogens with zero attached hydrogens (tertiary/aromatic N) is 3. The Morgan fingerprint density at radius 2 is 1.88 bits per heavy atom. The van der Waals surface area contributed by atoms with E-state index in [2.05, 4.69) is 5.16 Å². The topological polar surface area (TPSA) is 93.0 Å². The van der Waals surface area contributed by atoms with Crippen LogP contribution in [0.25, 0.3) is 0 Å². The molecule has 0 saturated carbocycles. The first-order chi connectivity index (χ1) is 15.3. The van der Waals surface area contributed by atoms with Gasteiger partial charge in [0, 0.05) is 26.2 Å². The molecule has 1 aliphatic heterocycles. The molecule has 0 atom stereocenters. The molecule has 0 radical (unpaired) electrons. The monoisotopic (exact) mass is 495 g/mol. The maximum absolute atomic E-state index is 13.2. The van der Waals surface area contributed by atoms with E-state index in [1.54, 1.807) is 35.2 Å². The summed E-state index contributed by atoms with van der Waals surface area (Å²) in [5.41, 5.74) is 2.02. The minimum absolute atomic E-state index is 0.199. The Kier molecular flexibility index (Phi) is 6.57. The van der Waals surface area contributed by atoms with E-state index in [4.69, 9.17) is 20.9 Å². The van der Waals surface area contributed by atoms with E-state index in [0.717, 1.165) is 22.6 Å². The molecule has 1 aliphatic rings. The lowest BCUT2D eigenvalue weighted by Crippen LogP contribution is -2.50. The number of aryl methyl sites for hydroxylation is 2. The molecule has 0 N–H and O–H groups in total. The molecule has 1 amide bonds. The number of sulfonamides is 1. The number of hydrogen-bond acceptors (Lipinski definition) is 7. The van der Waals surface area contributed by atoms with Crippen molar-refractivity contribution in [3.05, 3.63) is 63.3 Å². The average Bonchev–Trinajstić information content (AvgIpc) is 3.37. The van der Waals surface area contributed by atoms with Gasteiger partial charge in [0.1, 0.15) is 22.3 Å². The van der Waals surface area contributed by atoms with Crippen molar-refractivity contribution in [3.8, 4) is 5.75 Å². The second-order valence-electron chi connectivity index (χ2n) is 7.34. The van der Waals surface area contributed by atoms with Gasteiger partial charge in [0.2, 0.25) is 0 Å². The maximum atomic E-state index is 13.2. The molecule has 1 aromatic carbocycles. The Hall–Kier alpha value is -2.40. The van der Waals surface area contributed by atoms with Crippen LogP contribution in [-0.4, -0.2) is 54.9 Å². The van der Waals surface area contributed by atoms with Crippen LogP contribution in [0.15, 0.2) is 45.1 Å². The number of thiophene rings is 1. The van der Waals surface area contributed by atoms with Crippen LogP contribution in [0.2, 0.25) is 4.34 Å². The number of benzene rings is 1. The van der Waals surface area contributed by atoms with Gasteiger partial charge in [0.15, 0.2) is 0 Å². The van der Waals surface area contributed by atoms with E-state index in [-0.39, 0.29) is 42.9 Å². The number of carbonyl (C=O) groups excluding carboxylic acids is 1. The van der Waals surface area contributed by atoms with Crippen molar-refractivity contribution >= 4 is 38.9 Å². The molecule has 0 spiro atoms. The minimum atomic E-state index is -3.62. The first-order valence-corrected chi connectivity index (χ1v) is 12.6. The Bertz CT molecular complexity index is 1210. The third-order valence-electron chi connectivity index (χ3n) is 5.34. The van der Waals surface area contributed by atoms with Crippen LogP contribution in [0.4, 0.5) is 0 Å². The number of ether oxygens (including phenoxy) is 1. The molecule has 32 heavy (non-hydrogen) atoms. The van der Waals surface area contributed by atoms with Gasteiger partial charge in [-0.3, -0.25) is 4.79 Å². The second kappa shape index (κ2) is 9.22. The van der Waals surface area contributed by atoms with Crippen molar-refractivity contribution in [1.29, 1.82) is 0 Å². The molecule has 0 bridgehead atoms. The highest BCUT2D eigenvalue weighted by Gasteiger charge is 2.32. The van der Waals surface area contributed by atoms with Gasteiger partial charge < -0.3 is 14.2 Å². The molecule has 1 saturated heterocycles. The van der Waals surface area contributed by atoms with Crippen molar-refractivity contribution in [2.75, 3.05) is 26.2 Å². The zero-order valence-corrected chi connectivity index (χ0v) is 20.0. The fourth-order valence-electron chi connectivity index (χ4n) is 3.49. The second-order valence-corrected chi connectivity index (χ2v) is 11.2. The molecule has 1 fully saturated rings. The lowest BCUT2D eigenvalue weighted by molar-refractivity contribution is 0.0693. The van der Waals surface area contributed by atoms with Gasteiger partial charge in [-0.1, -0.05) is 28.9 Å². The van der Waals surface area contributed by atoms with Crippen LogP contribution in [-0.2, 0) is 16.6 Å². The number of para-hydroxylation sites is 1. The summed E-state index contributed by atoms with van der Waals surface area (Å²) in [6.45, 7) is 4.89. The Morgan fingerprint density at radius 3 is 2.50 bits per heavy atom. The summed E-state index contributed by atoms with van der Waals surface area (Å²) in [5, 5.41) is 3.92. The summed E-state index contributed by atoms with van der Waals surface area (Å²) in [7, 11) is -3.62. The molecule has 4 rings (SSSR count). The van der Waals surface area contributed by atoms with E-state index < -0.39 is 10.0 Å². The molecule has 170 valence electrons. The Balaban J connectivity index is 1.43. The van der Waals surface area contributed by atoms with Crippen LogP contribution in [0.3, 0.4) is 0 Å². The highest BCUT2D eigenvalue weighted by Crippen LogP contribution is 2.29. The number of carbonyl (C=O) groups is 1. The number of rotatable bonds is 6. The number of amides is 1. The highest BCUT2D eigenvalue weighted by molar-refractivity contribution is 7.91. The Labute approximate surface area is 195 Å². The van der Waals surface area contributed by atoms with Crippen molar-refractivity contribution in [2.45, 2.75) is 24.7 Å². The molecular formula is C21H22ClN3O5S2. The van der Waals surface area contributed by atoms with Crippen LogP contribution >= 0.6 is 22.9 Å². The van der Waals surface area contributed by atoms with E-state index >= 15 is 0 Å². The van der Waals surface area contributed by atoms with Crippen molar-refractivity contribution in [3.63, 3.8) is 0 Å². The summed E-state index contributed by atoms with van der Waals surface area (Å²) in [5.74, 6) is 0.937. The lowest BCUT2D eigenvalue weighted by Gasteiger charge is -2.34. The molecule has 2 aromatic heterocycles. The standard InChI is InChI=1S/C21H22ClN3O5S2/c1-14-17(15(2)30-23-14)13-29-18-6-4-3-5-16(18)21(26)24-9-11-25(12-10-24)32(27,28)20-8-7-19(22)31-20/h3-8H,9-13H2,1-2H3. The number of halogens is 1. The largest absolute Gasteiger partial charge is 0.488 e. The zero-order valence-electron chi connectivity index (χ0n) is 17.6. The molecule has 11 heteroatoms. The van der Waals surface area contributed by atoms with Crippen molar-refractivity contribution < 1.29 is 22.5 Å². The first kappa shape index (κ1) is 22.8. The van der Waals surface area contributed by atoms with Gasteiger partial charge in [0.25, 0.3) is 15.9 Å². The fourth-order valence-corrected chi connectivity index (χ4v) is 6.55. The van der Waals surface area contributed by atoms with Gasteiger partial charge >= 0.3 is 0 Å². The Morgan fingerprint density at radius 1 is 1.16 bits per heavy atom. The third kappa shape index (κ3) is 4.54. The molecule has 0 aliphatic carbocycles. The molecule has 3 aromatic rings. The summed E-state index contributed by atoms with van der Waals surface area (Å²) in [4.78, 5) is 14.8. The summed E-state index contributed by atoms with van der Waals surface area (Å²) in [6, 6.07) is 10.1. The number of aromatic nitrogens is 1. The molecular weight excluding hydrogens is 474 g/mol.